The second-order valence-electron chi connectivity index (χ2n) is 5.69. The van der Waals surface area contributed by atoms with Crippen LogP contribution in [0.3, 0.4) is 0 Å². The van der Waals surface area contributed by atoms with E-state index in [2.05, 4.69) is 32.7 Å². The Kier molecular flexibility index (Phi) is 2.78. The van der Waals surface area contributed by atoms with Gasteiger partial charge in [-0.3, -0.25) is 4.90 Å². The molecule has 2 aliphatic rings. The Morgan fingerprint density at radius 1 is 1.16 bits per heavy atom. The molecule has 2 fully saturated rings. The zero-order chi connectivity index (χ0) is 12.8. The molecule has 1 aromatic heterocycles. The molecule has 0 radical (unpaired) electrons. The second kappa shape index (κ2) is 4.50. The molecule has 1 saturated carbocycles. The van der Waals surface area contributed by atoms with E-state index in [9.17, 15) is 0 Å². The summed E-state index contributed by atoms with van der Waals surface area (Å²) in [5, 5.41) is 0. The Morgan fingerprint density at radius 3 is 2.79 bits per heavy atom. The van der Waals surface area contributed by atoms with E-state index in [1.165, 1.54) is 31.3 Å². The molecular weight excluding hydrogens is 258 g/mol. The number of imidazole rings is 1. The summed E-state index contributed by atoms with van der Waals surface area (Å²) in [6, 6.07) is 9.78. The van der Waals surface area contributed by atoms with Crippen molar-refractivity contribution in [3.63, 3.8) is 0 Å². The van der Waals surface area contributed by atoms with Crippen molar-refractivity contribution in [1.82, 2.24) is 14.5 Å². The topological polar surface area (TPSA) is 21.1 Å². The van der Waals surface area contributed by atoms with E-state index in [1.807, 2.05) is 6.07 Å². The zero-order valence-corrected chi connectivity index (χ0v) is 11.7. The lowest BCUT2D eigenvalue weighted by molar-refractivity contribution is 0.314. The van der Waals surface area contributed by atoms with Crippen molar-refractivity contribution in [1.29, 1.82) is 0 Å². The van der Waals surface area contributed by atoms with Gasteiger partial charge in [0.2, 0.25) is 0 Å². The van der Waals surface area contributed by atoms with Crippen molar-refractivity contribution in [3.05, 3.63) is 30.1 Å². The summed E-state index contributed by atoms with van der Waals surface area (Å²) in [5.74, 6) is 1.51. The van der Waals surface area contributed by atoms with Gasteiger partial charge in [0.25, 0.3) is 0 Å². The highest BCUT2D eigenvalue weighted by atomic mass is 35.5. The van der Waals surface area contributed by atoms with Crippen molar-refractivity contribution in [2.75, 3.05) is 13.1 Å². The molecule has 2 aromatic rings. The molecular formula is C15H18ClN3. The molecule has 2 heterocycles. The standard InChI is InChI=1S/C15H18ClN3/c16-9-15-17-13-3-1-2-4-14(13)19(15)12-7-8-18(10-12)11-5-6-11/h1-4,11-12H,5-10H2. The molecule has 3 nitrogen and oxygen atoms in total. The smallest absolute Gasteiger partial charge is 0.125 e. The molecule has 4 rings (SSSR count). The van der Waals surface area contributed by atoms with Gasteiger partial charge in [0.05, 0.1) is 16.9 Å². The second-order valence-corrected chi connectivity index (χ2v) is 5.96. The van der Waals surface area contributed by atoms with Crippen LogP contribution in [0.4, 0.5) is 0 Å². The molecule has 1 atom stereocenters. The number of likely N-dealkylation sites (tertiary alicyclic amines) is 1. The summed E-state index contributed by atoms with van der Waals surface area (Å²) < 4.78 is 2.38. The number of rotatable bonds is 3. The fraction of sp³-hybridized carbons (Fsp3) is 0.533. The monoisotopic (exact) mass is 275 g/mol. The number of para-hydroxylation sites is 2. The average Bonchev–Trinajstić information content (AvgIpc) is 3.06. The molecule has 0 amide bonds. The number of hydrogen-bond acceptors (Lipinski definition) is 2. The lowest BCUT2D eigenvalue weighted by atomic mass is 10.2. The largest absolute Gasteiger partial charge is 0.323 e. The SMILES string of the molecule is ClCc1nc2ccccc2n1C1CCN(C2CC2)C1. The third kappa shape index (κ3) is 1.96. The van der Waals surface area contributed by atoms with Crippen LogP contribution in [0.5, 0.6) is 0 Å². The van der Waals surface area contributed by atoms with Crippen molar-refractivity contribution in [3.8, 4) is 0 Å². The van der Waals surface area contributed by atoms with Crippen LogP contribution in [0, 0.1) is 0 Å². The Labute approximate surface area is 118 Å². The third-order valence-electron chi connectivity index (χ3n) is 4.41. The van der Waals surface area contributed by atoms with E-state index in [4.69, 9.17) is 11.6 Å². The third-order valence-corrected chi connectivity index (χ3v) is 4.65. The van der Waals surface area contributed by atoms with Crippen LogP contribution in [-0.4, -0.2) is 33.6 Å². The summed E-state index contributed by atoms with van der Waals surface area (Å²) in [5.41, 5.74) is 2.31. The minimum absolute atomic E-state index is 0.495. The van der Waals surface area contributed by atoms with Gasteiger partial charge in [0.1, 0.15) is 5.82 Å². The van der Waals surface area contributed by atoms with Crippen molar-refractivity contribution in [2.24, 2.45) is 0 Å². The van der Waals surface area contributed by atoms with Crippen LogP contribution in [0.2, 0.25) is 0 Å². The molecule has 0 spiro atoms. The predicted molar refractivity (Wildman–Crippen MR) is 77.5 cm³/mol. The normalized spacial score (nSPS) is 24.4. The van der Waals surface area contributed by atoms with E-state index in [-0.39, 0.29) is 0 Å². The summed E-state index contributed by atoms with van der Waals surface area (Å²) in [7, 11) is 0. The van der Waals surface area contributed by atoms with E-state index in [1.54, 1.807) is 0 Å². The Morgan fingerprint density at radius 2 is 2.00 bits per heavy atom. The fourth-order valence-corrected chi connectivity index (χ4v) is 3.53. The average molecular weight is 276 g/mol. The number of hydrogen-bond donors (Lipinski definition) is 0. The van der Waals surface area contributed by atoms with E-state index < -0.39 is 0 Å². The number of nitrogens with zero attached hydrogens (tertiary/aromatic N) is 3. The summed E-state index contributed by atoms with van der Waals surface area (Å²) in [6.07, 6.45) is 4.00. The van der Waals surface area contributed by atoms with Gasteiger partial charge in [-0.2, -0.15) is 0 Å². The molecule has 1 unspecified atom stereocenters. The first kappa shape index (κ1) is 11.7. The minimum atomic E-state index is 0.495. The number of alkyl halides is 1. The van der Waals surface area contributed by atoms with Crippen LogP contribution >= 0.6 is 11.6 Å². The van der Waals surface area contributed by atoms with Crippen LogP contribution in [0.15, 0.2) is 24.3 Å². The van der Waals surface area contributed by atoms with Crippen LogP contribution < -0.4 is 0 Å². The van der Waals surface area contributed by atoms with E-state index >= 15 is 0 Å². The maximum Gasteiger partial charge on any atom is 0.125 e. The maximum atomic E-state index is 6.10. The number of fused-ring (bicyclic) bond motifs is 1. The van der Waals surface area contributed by atoms with Gasteiger partial charge >= 0.3 is 0 Å². The molecule has 0 bridgehead atoms. The highest BCUT2D eigenvalue weighted by molar-refractivity contribution is 6.16. The number of halogens is 1. The molecule has 1 saturated heterocycles. The van der Waals surface area contributed by atoms with Gasteiger partial charge < -0.3 is 4.57 Å². The highest BCUT2D eigenvalue weighted by Gasteiger charge is 2.35. The first-order valence-corrected chi connectivity index (χ1v) is 7.66. The van der Waals surface area contributed by atoms with Crippen molar-refractivity contribution < 1.29 is 0 Å². The number of benzene rings is 1. The Bertz CT molecular complexity index is 602. The molecule has 0 N–H and O–H groups in total. The van der Waals surface area contributed by atoms with Crippen LogP contribution in [0.25, 0.3) is 11.0 Å². The van der Waals surface area contributed by atoms with Gasteiger partial charge in [-0.05, 0) is 31.4 Å². The Balaban J connectivity index is 1.73. The quantitative estimate of drug-likeness (QED) is 0.802. The summed E-state index contributed by atoms with van der Waals surface area (Å²) in [4.78, 5) is 7.31. The molecule has 1 aromatic carbocycles. The number of aromatic nitrogens is 2. The van der Waals surface area contributed by atoms with Crippen molar-refractivity contribution >= 4 is 22.6 Å². The lowest BCUT2D eigenvalue weighted by Crippen LogP contribution is -2.24. The van der Waals surface area contributed by atoms with Crippen LogP contribution in [0.1, 0.15) is 31.1 Å². The van der Waals surface area contributed by atoms with Crippen molar-refractivity contribution in [2.45, 2.75) is 37.2 Å². The zero-order valence-electron chi connectivity index (χ0n) is 10.9. The predicted octanol–water partition coefficient (Wildman–Crippen LogP) is 3.18. The summed E-state index contributed by atoms with van der Waals surface area (Å²) in [6.45, 7) is 2.39. The maximum absolute atomic E-state index is 6.10. The van der Waals surface area contributed by atoms with Gasteiger partial charge in [-0.15, -0.1) is 11.6 Å². The minimum Gasteiger partial charge on any atom is -0.323 e. The van der Waals surface area contributed by atoms with Gasteiger partial charge in [0, 0.05) is 25.2 Å². The highest BCUT2D eigenvalue weighted by Crippen LogP contribution is 2.35. The van der Waals surface area contributed by atoms with Crippen LogP contribution in [-0.2, 0) is 5.88 Å². The fourth-order valence-electron chi connectivity index (χ4n) is 3.35. The first-order chi connectivity index (χ1) is 9.36. The molecule has 4 heteroatoms. The summed E-state index contributed by atoms with van der Waals surface area (Å²) >= 11 is 6.10. The van der Waals surface area contributed by atoms with E-state index in [0.29, 0.717) is 11.9 Å². The molecule has 100 valence electrons. The van der Waals surface area contributed by atoms with E-state index in [0.717, 1.165) is 23.9 Å². The Hall–Kier alpha value is -1.06. The molecule has 1 aliphatic heterocycles. The molecule has 19 heavy (non-hydrogen) atoms. The van der Waals surface area contributed by atoms with Gasteiger partial charge in [-0.1, -0.05) is 12.1 Å². The van der Waals surface area contributed by atoms with Gasteiger partial charge in [0.15, 0.2) is 0 Å². The first-order valence-electron chi connectivity index (χ1n) is 7.12. The lowest BCUT2D eigenvalue weighted by Gasteiger charge is -2.18. The van der Waals surface area contributed by atoms with Gasteiger partial charge in [-0.25, -0.2) is 4.98 Å². The molecule has 1 aliphatic carbocycles.